The highest BCUT2D eigenvalue weighted by molar-refractivity contribution is 6.02. The number of aromatic nitrogens is 1. The average molecular weight is 460 g/mol. The summed E-state index contributed by atoms with van der Waals surface area (Å²) in [4.78, 5) is 30.8. The molecule has 7 heteroatoms. The van der Waals surface area contributed by atoms with Crippen molar-refractivity contribution in [2.45, 2.75) is 25.7 Å². The minimum Gasteiger partial charge on any atom is -0.453 e. The first-order valence-corrected chi connectivity index (χ1v) is 11.3. The summed E-state index contributed by atoms with van der Waals surface area (Å²) in [6.07, 6.45) is 10.3. The number of pyridine rings is 1. The molecule has 3 aromatic rings. The van der Waals surface area contributed by atoms with E-state index < -0.39 is 5.82 Å². The SMILES string of the molecule is O=C(/C=C/c1ccc(Oc2cccnc2)c(F)c1)Nc1ccc(C(=O)N2CCCCCC2)cc1. The van der Waals surface area contributed by atoms with E-state index in [1.54, 1.807) is 48.7 Å². The maximum atomic E-state index is 14.4. The third-order valence-electron chi connectivity index (χ3n) is 5.54. The van der Waals surface area contributed by atoms with Crippen molar-refractivity contribution in [2.24, 2.45) is 0 Å². The minimum absolute atomic E-state index is 0.0256. The van der Waals surface area contributed by atoms with Gasteiger partial charge in [-0.25, -0.2) is 4.39 Å². The molecule has 34 heavy (non-hydrogen) atoms. The van der Waals surface area contributed by atoms with Crippen molar-refractivity contribution < 1.29 is 18.7 Å². The van der Waals surface area contributed by atoms with Gasteiger partial charge in [0.1, 0.15) is 5.75 Å². The standard InChI is InChI=1S/C27H26FN3O3/c28-24-18-20(7-13-25(24)34-23-6-5-15-29-19-23)8-14-26(32)30-22-11-9-21(10-12-22)27(33)31-16-3-1-2-4-17-31/h5-15,18-19H,1-4,16-17H2,(H,30,32)/b14-8+. The number of nitrogens with one attached hydrogen (secondary N) is 1. The van der Waals surface area contributed by atoms with Gasteiger partial charge in [0.25, 0.3) is 5.91 Å². The fourth-order valence-corrected chi connectivity index (χ4v) is 3.75. The highest BCUT2D eigenvalue weighted by Crippen LogP contribution is 2.25. The molecule has 0 unspecified atom stereocenters. The van der Waals surface area contributed by atoms with E-state index >= 15 is 0 Å². The largest absolute Gasteiger partial charge is 0.453 e. The lowest BCUT2D eigenvalue weighted by atomic mass is 10.1. The Morgan fingerprint density at radius 2 is 1.76 bits per heavy atom. The van der Waals surface area contributed by atoms with Crippen LogP contribution in [0.25, 0.3) is 6.08 Å². The zero-order chi connectivity index (χ0) is 23.8. The van der Waals surface area contributed by atoms with Crippen molar-refractivity contribution >= 4 is 23.6 Å². The van der Waals surface area contributed by atoms with Crippen LogP contribution in [0.5, 0.6) is 11.5 Å². The fourth-order valence-electron chi connectivity index (χ4n) is 3.75. The van der Waals surface area contributed by atoms with Crippen LogP contribution in [-0.2, 0) is 4.79 Å². The number of ether oxygens (including phenoxy) is 1. The van der Waals surface area contributed by atoms with Crippen molar-refractivity contribution in [3.05, 3.63) is 90.0 Å². The highest BCUT2D eigenvalue weighted by Gasteiger charge is 2.17. The molecule has 1 saturated heterocycles. The van der Waals surface area contributed by atoms with Crippen LogP contribution < -0.4 is 10.1 Å². The molecule has 1 fully saturated rings. The number of carbonyl (C=O) groups is 2. The lowest BCUT2D eigenvalue weighted by Crippen LogP contribution is -2.31. The van der Waals surface area contributed by atoms with Crippen LogP contribution in [0.2, 0.25) is 0 Å². The molecule has 0 spiro atoms. The molecule has 2 aromatic carbocycles. The van der Waals surface area contributed by atoms with Gasteiger partial charge in [0, 0.05) is 36.6 Å². The lowest BCUT2D eigenvalue weighted by molar-refractivity contribution is -0.111. The molecule has 2 amide bonds. The van der Waals surface area contributed by atoms with Crippen molar-refractivity contribution in [1.29, 1.82) is 0 Å². The Hall–Kier alpha value is -4.00. The van der Waals surface area contributed by atoms with Gasteiger partial charge in [-0.05, 0) is 73.0 Å². The smallest absolute Gasteiger partial charge is 0.253 e. The third-order valence-corrected chi connectivity index (χ3v) is 5.54. The molecule has 1 aliphatic heterocycles. The number of carbonyl (C=O) groups excluding carboxylic acids is 2. The van der Waals surface area contributed by atoms with Crippen molar-refractivity contribution in [1.82, 2.24) is 9.88 Å². The highest BCUT2D eigenvalue weighted by atomic mass is 19.1. The van der Waals surface area contributed by atoms with E-state index in [9.17, 15) is 14.0 Å². The van der Waals surface area contributed by atoms with Gasteiger partial charge in [0.05, 0.1) is 6.20 Å². The van der Waals surface area contributed by atoms with E-state index in [0.29, 0.717) is 22.6 Å². The van der Waals surface area contributed by atoms with Crippen LogP contribution in [0.15, 0.2) is 73.1 Å². The molecule has 1 aliphatic rings. The van der Waals surface area contributed by atoms with E-state index in [1.165, 1.54) is 30.5 Å². The molecule has 1 aromatic heterocycles. The van der Waals surface area contributed by atoms with Crippen LogP contribution in [-0.4, -0.2) is 34.8 Å². The summed E-state index contributed by atoms with van der Waals surface area (Å²) in [6.45, 7) is 1.58. The second kappa shape index (κ2) is 11.2. The van der Waals surface area contributed by atoms with Gasteiger partial charge in [-0.15, -0.1) is 0 Å². The fraction of sp³-hybridized carbons (Fsp3) is 0.222. The topological polar surface area (TPSA) is 71.5 Å². The Morgan fingerprint density at radius 1 is 1.00 bits per heavy atom. The number of rotatable bonds is 6. The Bertz CT molecular complexity index is 1160. The van der Waals surface area contributed by atoms with Gasteiger partial charge < -0.3 is 15.0 Å². The minimum atomic E-state index is -0.545. The molecule has 1 N–H and O–H groups in total. The summed E-state index contributed by atoms with van der Waals surface area (Å²) in [5.74, 6) is -0.371. The molecule has 174 valence electrons. The molecule has 2 heterocycles. The summed E-state index contributed by atoms with van der Waals surface area (Å²) in [5.41, 5.74) is 1.71. The monoisotopic (exact) mass is 459 g/mol. The summed E-state index contributed by atoms with van der Waals surface area (Å²) in [5, 5.41) is 2.75. The van der Waals surface area contributed by atoms with E-state index in [0.717, 1.165) is 38.8 Å². The summed E-state index contributed by atoms with van der Waals surface area (Å²) >= 11 is 0. The van der Waals surface area contributed by atoms with Gasteiger partial charge in [0.15, 0.2) is 11.6 Å². The number of halogens is 1. The molecule has 0 atom stereocenters. The Morgan fingerprint density at radius 3 is 2.44 bits per heavy atom. The van der Waals surface area contributed by atoms with E-state index in [-0.39, 0.29) is 17.6 Å². The van der Waals surface area contributed by atoms with Crippen molar-refractivity contribution in [3.63, 3.8) is 0 Å². The number of hydrogen-bond donors (Lipinski definition) is 1. The summed E-state index contributed by atoms with van der Waals surface area (Å²) in [7, 11) is 0. The predicted octanol–water partition coefficient (Wildman–Crippen LogP) is 5.68. The van der Waals surface area contributed by atoms with E-state index in [2.05, 4.69) is 10.3 Å². The first-order valence-electron chi connectivity index (χ1n) is 11.3. The zero-order valence-electron chi connectivity index (χ0n) is 18.7. The first kappa shape index (κ1) is 23.2. The van der Waals surface area contributed by atoms with Gasteiger partial charge in [0.2, 0.25) is 5.91 Å². The van der Waals surface area contributed by atoms with Crippen LogP contribution >= 0.6 is 0 Å². The zero-order valence-corrected chi connectivity index (χ0v) is 18.7. The normalized spacial score (nSPS) is 14.0. The Labute approximate surface area is 198 Å². The van der Waals surface area contributed by atoms with Crippen molar-refractivity contribution in [2.75, 3.05) is 18.4 Å². The quantitative estimate of drug-likeness (QED) is 0.482. The van der Waals surface area contributed by atoms with Crippen LogP contribution in [0.1, 0.15) is 41.6 Å². The van der Waals surface area contributed by atoms with Gasteiger partial charge >= 0.3 is 0 Å². The Kier molecular flexibility index (Phi) is 7.65. The first-order chi connectivity index (χ1) is 16.6. The number of amides is 2. The molecule has 6 nitrogen and oxygen atoms in total. The Balaban J connectivity index is 1.32. The number of benzene rings is 2. The maximum Gasteiger partial charge on any atom is 0.253 e. The molecular weight excluding hydrogens is 433 g/mol. The van der Waals surface area contributed by atoms with Crippen LogP contribution in [0.4, 0.5) is 10.1 Å². The van der Waals surface area contributed by atoms with Crippen molar-refractivity contribution in [3.8, 4) is 11.5 Å². The van der Waals surface area contributed by atoms with Gasteiger partial charge in [-0.2, -0.15) is 0 Å². The summed E-state index contributed by atoms with van der Waals surface area (Å²) < 4.78 is 19.8. The van der Waals surface area contributed by atoms with Crippen LogP contribution in [0.3, 0.4) is 0 Å². The molecule has 0 aliphatic carbocycles. The molecule has 4 rings (SSSR count). The molecule has 0 radical (unpaired) electrons. The van der Waals surface area contributed by atoms with E-state index in [4.69, 9.17) is 4.74 Å². The summed E-state index contributed by atoms with van der Waals surface area (Å²) in [6, 6.07) is 14.7. The predicted molar refractivity (Wildman–Crippen MR) is 129 cm³/mol. The van der Waals surface area contributed by atoms with Gasteiger partial charge in [-0.1, -0.05) is 18.9 Å². The maximum absolute atomic E-state index is 14.4. The second-order valence-corrected chi connectivity index (χ2v) is 8.09. The second-order valence-electron chi connectivity index (χ2n) is 8.09. The number of likely N-dealkylation sites (tertiary alicyclic amines) is 1. The third kappa shape index (κ3) is 6.28. The number of nitrogens with zero attached hydrogens (tertiary/aromatic N) is 2. The molecule has 0 saturated carbocycles. The molecule has 0 bridgehead atoms. The average Bonchev–Trinajstić information content (AvgIpc) is 3.15. The van der Waals surface area contributed by atoms with Gasteiger partial charge in [-0.3, -0.25) is 14.6 Å². The number of anilines is 1. The van der Waals surface area contributed by atoms with E-state index in [1.807, 2.05) is 4.90 Å². The lowest BCUT2D eigenvalue weighted by Gasteiger charge is -2.20. The molecular formula is C27H26FN3O3. The number of hydrogen-bond acceptors (Lipinski definition) is 4. The van der Waals surface area contributed by atoms with Crippen LogP contribution in [0, 0.1) is 5.82 Å².